The molecule has 0 unspecified atom stereocenters. The third-order valence-electron chi connectivity index (χ3n) is 5.87. The van der Waals surface area contributed by atoms with Crippen LogP contribution in [-0.2, 0) is 4.74 Å². The molecule has 3 N–H and O–H groups in total. The second-order valence-corrected chi connectivity index (χ2v) is 8.41. The minimum atomic E-state index is -0.434. The van der Waals surface area contributed by atoms with Gasteiger partial charge >= 0.3 is 0 Å². The van der Waals surface area contributed by atoms with Crippen LogP contribution in [0, 0.1) is 17.0 Å². The van der Waals surface area contributed by atoms with Gasteiger partial charge in [0, 0.05) is 17.7 Å². The Hall–Kier alpha value is -2.97. The van der Waals surface area contributed by atoms with Crippen molar-refractivity contribution in [3.05, 3.63) is 69.3 Å². The number of hydrogen-bond donors (Lipinski definition) is 3. The van der Waals surface area contributed by atoms with Crippen molar-refractivity contribution in [1.82, 2.24) is 5.32 Å². The maximum absolute atomic E-state index is 13.1. The summed E-state index contributed by atoms with van der Waals surface area (Å²) < 4.78 is 5.45. The van der Waals surface area contributed by atoms with E-state index in [1.54, 1.807) is 12.1 Å². The maximum atomic E-state index is 13.1. The summed E-state index contributed by atoms with van der Waals surface area (Å²) in [6.45, 7) is 5.98. The molecule has 0 spiro atoms. The molecule has 164 valence electrons. The summed E-state index contributed by atoms with van der Waals surface area (Å²) in [6, 6.07) is 12.9. The van der Waals surface area contributed by atoms with E-state index in [0.29, 0.717) is 30.5 Å². The molecule has 8 nitrogen and oxygen atoms in total. The number of rotatable bonds is 8. The van der Waals surface area contributed by atoms with Crippen LogP contribution in [0.1, 0.15) is 40.4 Å². The molecule has 1 aliphatic carbocycles. The van der Waals surface area contributed by atoms with E-state index in [0.717, 1.165) is 43.6 Å². The van der Waals surface area contributed by atoms with E-state index in [2.05, 4.69) is 10.6 Å². The minimum absolute atomic E-state index is 0.0646. The van der Waals surface area contributed by atoms with Crippen LogP contribution in [0.15, 0.2) is 42.5 Å². The number of nitrogens with zero attached hydrogens (tertiary/aromatic N) is 1. The van der Waals surface area contributed by atoms with E-state index in [1.165, 1.54) is 11.0 Å². The van der Waals surface area contributed by atoms with Gasteiger partial charge < -0.3 is 20.3 Å². The first-order chi connectivity index (χ1) is 15.0. The number of nitrogens with one attached hydrogen (secondary N) is 3. The number of carbonyl (C=O) groups excluding carboxylic acids is 1. The first kappa shape index (κ1) is 21.3. The van der Waals surface area contributed by atoms with Crippen molar-refractivity contribution in [3.63, 3.8) is 0 Å². The number of nitro groups is 1. The summed E-state index contributed by atoms with van der Waals surface area (Å²) >= 11 is 0. The van der Waals surface area contributed by atoms with Gasteiger partial charge in [0.25, 0.3) is 11.6 Å². The molecule has 8 heteroatoms. The first-order valence-electron chi connectivity index (χ1n) is 10.8. The Morgan fingerprint density at radius 3 is 2.55 bits per heavy atom. The fourth-order valence-corrected chi connectivity index (χ4v) is 3.84. The average molecular weight is 426 g/mol. The van der Waals surface area contributed by atoms with E-state index >= 15 is 0 Å². The van der Waals surface area contributed by atoms with Crippen LogP contribution in [0.5, 0.6) is 0 Å². The number of benzene rings is 2. The molecule has 31 heavy (non-hydrogen) atoms. The molecule has 2 aliphatic rings. The van der Waals surface area contributed by atoms with Crippen molar-refractivity contribution >= 4 is 17.3 Å². The molecule has 2 aromatic rings. The number of carbonyl (C=O) groups is 1. The number of aryl methyl sites for hydroxylation is 1. The van der Waals surface area contributed by atoms with Gasteiger partial charge in [0.2, 0.25) is 0 Å². The van der Waals surface area contributed by atoms with Gasteiger partial charge in [-0.3, -0.25) is 14.9 Å². The quantitative estimate of drug-likeness (QED) is 0.443. The number of nitro benzene ring substituents is 1. The van der Waals surface area contributed by atoms with Gasteiger partial charge in [-0.15, -0.1) is 0 Å². The highest BCUT2D eigenvalue weighted by atomic mass is 16.6. The summed E-state index contributed by atoms with van der Waals surface area (Å²) in [5, 5.41) is 17.8. The third-order valence-corrected chi connectivity index (χ3v) is 5.87. The smallest absolute Gasteiger partial charge is 0.293 e. The first-order valence-corrected chi connectivity index (χ1v) is 10.8. The molecule has 2 fully saturated rings. The summed E-state index contributed by atoms with van der Waals surface area (Å²) in [5.41, 5.74) is 2.88. The third kappa shape index (κ3) is 5.59. The Bertz CT molecular complexity index is 937. The van der Waals surface area contributed by atoms with Crippen molar-refractivity contribution < 1.29 is 19.4 Å². The van der Waals surface area contributed by atoms with Gasteiger partial charge in [-0.05, 0) is 37.5 Å². The topological polar surface area (TPSA) is 97.9 Å². The van der Waals surface area contributed by atoms with Crippen molar-refractivity contribution in [1.29, 1.82) is 0 Å². The molecule has 4 rings (SSSR count). The average Bonchev–Trinajstić information content (AvgIpc) is 3.58. The molecular weight excluding hydrogens is 396 g/mol. The Kier molecular flexibility index (Phi) is 6.48. The van der Waals surface area contributed by atoms with Crippen LogP contribution in [0.4, 0.5) is 11.4 Å². The molecule has 0 bridgehead atoms. The number of hydrogen-bond acceptors (Lipinski definition) is 5. The molecule has 0 aromatic heterocycles. The van der Waals surface area contributed by atoms with Crippen molar-refractivity contribution in [2.24, 2.45) is 0 Å². The molecule has 1 saturated heterocycles. The normalized spacial score (nSPS) is 17.7. The Morgan fingerprint density at radius 2 is 1.90 bits per heavy atom. The molecule has 0 radical (unpaired) electrons. The van der Waals surface area contributed by atoms with E-state index in [1.807, 2.05) is 31.2 Å². The highest BCUT2D eigenvalue weighted by molar-refractivity contribution is 5.96. The van der Waals surface area contributed by atoms with E-state index in [4.69, 9.17) is 4.74 Å². The number of anilines is 1. The molecular formula is C23H29N4O4+. The van der Waals surface area contributed by atoms with Crippen LogP contribution in [0.3, 0.4) is 0 Å². The zero-order chi connectivity index (χ0) is 21.8. The fourth-order valence-electron chi connectivity index (χ4n) is 3.84. The van der Waals surface area contributed by atoms with Gasteiger partial charge in [0.15, 0.2) is 0 Å². The number of ether oxygens (including phenoxy) is 1. The maximum Gasteiger partial charge on any atom is 0.293 e. The molecule has 1 heterocycles. The second kappa shape index (κ2) is 9.45. The lowest BCUT2D eigenvalue weighted by Crippen LogP contribution is -3.14. The second-order valence-electron chi connectivity index (χ2n) is 8.41. The van der Waals surface area contributed by atoms with E-state index in [9.17, 15) is 14.9 Å². The summed E-state index contributed by atoms with van der Waals surface area (Å²) in [6.07, 6.45) is 2.03. The predicted molar refractivity (Wildman–Crippen MR) is 118 cm³/mol. The van der Waals surface area contributed by atoms with Gasteiger partial charge in [-0.25, -0.2) is 0 Å². The summed E-state index contributed by atoms with van der Waals surface area (Å²) in [7, 11) is 0. The summed E-state index contributed by atoms with van der Waals surface area (Å²) in [4.78, 5) is 25.6. The highest BCUT2D eigenvalue weighted by Gasteiger charge is 2.27. The molecule has 2 aromatic carbocycles. The van der Waals surface area contributed by atoms with Crippen molar-refractivity contribution in [2.45, 2.75) is 31.8 Å². The van der Waals surface area contributed by atoms with Crippen molar-refractivity contribution in [3.8, 4) is 0 Å². The lowest BCUT2D eigenvalue weighted by molar-refractivity contribution is -0.909. The van der Waals surface area contributed by atoms with Crippen LogP contribution >= 0.6 is 0 Å². The zero-order valence-electron chi connectivity index (χ0n) is 17.7. The fraction of sp³-hybridized carbons (Fsp3) is 0.435. The molecule has 1 aliphatic heterocycles. The van der Waals surface area contributed by atoms with Crippen LogP contribution in [0.2, 0.25) is 0 Å². The van der Waals surface area contributed by atoms with Gasteiger partial charge in [-0.1, -0.05) is 29.8 Å². The van der Waals surface area contributed by atoms with Crippen LogP contribution < -0.4 is 15.5 Å². The summed E-state index contributed by atoms with van der Waals surface area (Å²) in [5.74, 6) is -0.306. The van der Waals surface area contributed by atoms with Crippen LogP contribution in [0.25, 0.3) is 0 Å². The van der Waals surface area contributed by atoms with Crippen LogP contribution in [-0.4, -0.2) is 49.7 Å². The zero-order valence-corrected chi connectivity index (χ0v) is 17.7. The molecule has 1 amide bonds. The monoisotopic (exact) mass is 425 g/mol. The van der Waals surface area contributed by atoms with E-state index in [-0.39, 0.29) is 17.6 Å². The lowest BCUT2D eigenvalue weighted by atomic mass is 10.0. The lowest BCUT2D eigenvalue weighted by Gasteiger charge is -2.28. The predicted octanol–water partition coefficient (Wildman–Crippen LogP) is 1.86. The Labute approximate surface area is 181 Å². The largest absolute Gasteiger partial charge is 0.377 e. The minimum Gasteiger partial charge on any atom is -0.377 e. The highest BCUT2D eigenvalue weighted by Crippen LogP contribution is 2.31. The Morgan fingerprint density at radius 1 is 1.19 bits per heavy atom. The Balaban J connectivity index is 1.53. The number of quaternary nitrogens is 1. The van der Waals surface area contributed by atoms with Gasteiger partial charge in [0.05, 0.1) is 18.1 Å². The van der Waals surface area contributed by atoms with E-state index < -0.39 is 4.92 Å². The van der Waals surface area contributed by atoms with Gasteiger partial charge in [0.1, 0.15) is 31.4 Å². The number of morpholine rings is 1. The number of amides is 1. The standard InChI is InChI=1S/C23H28N4O4/c1-16-2-4-17(5-3-16)21(15-26-10-12-31-13-11-26)25-23(28)18-6-9-20(24-19-7-8-19)22(14-18)27(29)30/h2-6,9,14,19,21,24H,7-8,10-13,15H2,1H3,(H,25,28)/p+1/t21-/m1/s1. The molecule has 1 atom stereocenters. The van der Waals surface area contributed by atoms with Crippen molar-refractivity contribution in [2.75, 3.05) is 38.2 Å². The van der Waals surface area contributed by atoms with Gasteiger partial charge in [-0.2, -0.15) is 0 Å². The SMILES string of the molecule is Cc1ccc([C@@H](C[NH+]2CCOCC2)NC(=O)c2ccc(NC3CC3)c([N+](=O)[O-])c2)cc1. The molecule has 1 saturated carbocycles.